The first-order valence-corrected chi connectivity index (χ1v) is 9.50. The molecule has 0 aliphatic heterocycles. The average molecular weight is 389 g/mol. The molecule has 3 aromatic rings. The van der Waals surface area contributed by atoms with E-state index in [4.69, 9.17) is 4.74 Å². The number of benzene rings is 2. The topological polar surface area (TPSA) is 71.5 Å². The number of para-hydroxylation sites is 2. The van der Waals surface area contributed by atoms with Crippen molar-refractivity contribution in [3.8, 4) is 0 Å². The van der Waals surface area contributed by atoms with Crippen molar-refractivity contribution < 1.29 is 14.3 Å². The summed E-state index contributed by atoms with van der Waals surface area (Å²) in [6.45, 7) is 4.82. The molecule has 0 bridgehead atoms. The second-order valence-corrected chi connectivity index (χ2v) is 6.20. The number of esters is 1. The molecule has 1 aromatic heterocycles. The SMILES string of the molecule is CCOC(=O)c1ccccc1NC(=O)c1ccc(N(CC)c2ccccc2)cn1. The highest BCUT2D eigenvalue weighted by Gasteiger charge is 2.16. The molecular weight excluding hydrogens is 366 g/mol. The van der Waals surface area contributed by atoms with Gasteiger partial charge in [-0.15, -0.1) is 0 Å². The second-order valence-electron chi connectivity index (χ2n) is 6.20. The maximum absolute atomic E-state index is 12.6. The van der Waals surface area contributed by atoms with Crippen molar-refractivity contribution in [2.75, 3.05) is 23.4 Å². The predicted molar refractivity (Wildman–Crippen MR) is 114 cm³/mol. The number of hydrogen-bond donors (Lipinski definition) is 1. The van der Waals surface area contributed by atoms with Crippen LogP contribution >= 0.6 is 0 Å². The number of nitrogens with one attached hydrogen (secondary N) is 1. The van der Waals surface area contributed by atoms with Gasteiger partial charge in [0.15, 0.2) is 0 Å². The lowest BCUT2D eigenvalue weighted by molar-refractivity contribution is 0.0527. The molecule has 0 aliphatic rings. The standard InChI is InChI=1S/C23H23N3O3/c1-3-26(17-10-6-5-7-11-17)18-14-15-21(24-16-18)22(27)25-20-13-9-8-12-19(20)23(28)29-4-2/h5-16H,3-4H2,1-2H3,(H,25,27). The van der Waals surface area contributed by atoms with E-state index in [1.807, 2.05) is 36.4 Å². The van der Waals surface area contributed by atoms with Crippen LogP contribution in [0.5, 0.6) is 0 Å². The van der Waals surface area contributed by atoms with Crippen LogP contribution in [0.2, 0.25) is 0 Å². The molecule has 0 atom stereocenters. The molecule has 1 N–H and O–H groups in total. The van der Waals surface area contributed by atoms with Crippen LogP contribution in [0.15, 0.2) is 72.9 Å². The molecule has 1 amide bonds. The number of nitrogens with zero attached hydrogens (tertiary/aromatic N) is 2. The number of pyridine rings is 1. The molecule has 0 radical (unpaired) electrons. The van der Waals surface area contributed by atoms with E-state index < -0.39 is 11.9 Å². The first-order valence-electron chi connectivity index (χ1n) is 9.50. The lowest BCUT2D eigenvalue weighted by Crippen LogP contribution is -2.19. The molecule has 3 rings (SSSR count). The molecule has 148 valence electrons. The molecular formula is C23H23N3O3. The highest BCUT2D eigenvalue weighted by Crippen LogP contribution is 2.24. The summed E-state index contributed by atoms with van der Waals surface area (Å²) in [6.07, 6.45) is 1.67. The number of aromatic nitrogens is 1. The van der Waals surface area contributed by atoms with Gasteiger partial charge in [-0.05, 0) is 50.2 Å². The van der Waals surface area contributed by atoms with Crippen molar-refractivity contribution in [3.05, 3.63) is 84.2 Å². The summed E-state index contributed by atoms with van der Waals surface area (Å²) in [5.41, 5.74) is 2.90. The van der Waals surface area contributed by atoms with Gasteiger partial charge in [0, 0.05) is 12.2 Å². The van der Waals surface area contributed by atoms with E-state index >= 15 is 0 Å². The first kappa shape index (κ1) is 20.1. The van der Waals surface area contributed by atoms with Gasteiger partial charge in [-0.2, -0.15) is 0 Å². The Balaban J connectivity index is 1.77. The Morgan fingerprint density at radius 1 is 0.931 bits per heavy atom. The normalized spacial score (nSPS) is 10.3. The largest absolute Gasteiger partial charge is 0.462 e. The van der Waals surface area contributed by atoms with Gasteiger partial charge in [-0.1, -0.05) is 30.3 Å². The Kier molecular flexibility index (Phi) is 6.58. The third-order valence-electron chi connectivity index (χ3n) is 4.35. The predicted octanol–water partition coefficient (Wildman–Crippen LogP) is 4.67. The van der Waals surface area contributed by atoms with Crippen LogP contribution in [-0.2, 0) is 4.74 Å². The highest BCUT2D eigenvalue weighted by molar-refractivity contribution is 6.07. The van der Waals surface area contributed by atoms with Crippen LogP contribution < -0.4 is 10.2 Å². The number of ether oxygens (including phenoxy) is 1. The van der Waals surface area contributed by atoms with Crippen LogP contribution in [-0.4, -0.2) is 30.0 Å². The molecule has 0 saturated carbocycles. The number of hydrogen-bond acceptors (Lipinski definition) is 5. The fourth-order valence-corrected chi connectivity index (χ4v) is 2.97. The maximum atomic E-state index is 12.6. The van der Waals surface area contributed by atoms with Gasteiger partial charge in [0.2, 0.25) is 0 Å². The summed E-state index contributed by atoms with van der Waals surface area (Å²) < 4.78 is 5.04. The second kappa shape index (κ2) is 9.50. The molecule has 1 heterocycles. The maximum Gasteiger partial charge on any atom is 0.340 e. The van der Waals surface area contributed by atoms with Crippen LogP contribution in [0.25, 0.3) is 0 Å². The Morgan fingerprint density at radius 3 is 2.31 bits per heavy atom. The van der Waals surface area contributed by atoms with Gasteiger partial charge >= 0.3 is 5.97 Å². The van der Waals surface area contributed by atoms with E-state index in [0.717, 1.165) is 17.9 Å². The van der Waals surface area contributed by atoms with Crippen molar-refractivity contribution in [2.24, 2.45) is 0 Å². The minimum Gasteiger partial charge on any atom is -0.462 e. The van der Waals surface area contributed by atoms with Crippen LogP contribution in [0.3, 0.4) is 0 Å². The zero-order valence-corrected chi connectivity index (χ0v) is 16.5. The fourth-order valence-electron chi connectivity index (χ4n) is 2.97. The number of anilines is 3. The van der Waals surface area contributed by atoms with E-state index in [-0.39, 0.29) is 12.3 Å². The van der Waals surface area contributed by atoms with Crippen molar-refractivity contribution in [1.29, 1.82) is 0 Å². The monoisotopic (exact) mass is 389 g/mol. The third kappa shape index (κ3) is 4.79. The molecule has 29 heavy (non-hydrogen) atoms. The number of rotatable bonds is 7. The van der Waals surface area contributed by atoms with E-state index in [1.165, 1.54) is 0 Å². The van der Waals surface area contributed by atoms with Gasteiger partial charge in [-0.25, -0.2) is 9.78 Å². The molecule has 0 aliphatic carbocycles. The van der Waals surface area contributed by atoms with Crippen LogP contribution in [0.4, 0.5) is 17.1 Å². The van der Waals surface area contributed by atoms with E-state index in [9.17, 15) is 9.59 Å². The molecule has 0 fully saturated rings. The van der Waals surface area contributed by atoms with Gasteiger partial charge in [0.1, 0.15) is 5.69 Å². The molecule has 0 spiro atoms. The lowest BCUT2D eigenvalue weighted by atomic mass is 10.1. The summed E-state index contributed by atoms with van der Waals surface area (Å²) in [5.74, 6) is -0.871. The molecule has 2 aromatic carbocycles. The highest BCUT2D eigenvalue weighted by atomic mass is 16.5. The number of carbonyl (C=O) groups excluding carboxylic acids is 2. The zero-order chi connectivity index (χ0) is 20.6. The molecule has 0 unspecified atom stereocenters. The Bertz CT molecular complexity index is 972. The van der Waals surface area contributed by atoms with Crippen molar-refractivity contribution >= 4 is 28.9 Å². The summed E-state index contributed by atoms with van der Waals surface area (Å²) in [7, 11) is 0. The van der Waals surface area contributed by atoms with E-state index in [0.29, 0.717) is 11.3 Å². The molecule has 0 saturated heterocycles. The van der Waals surface area contributed by atoms with Crippen LogP contribution in [0, 0.1) is 0 Å². The smallest absolute Gasteiger partial charge is 0.340 e. The minimum atomic E-state index is -0.479. The molecule has 6 heteroatoms. The van der Waals surface area contributed by atoms with Gasteiger partial charge in [0.05, 0.1) is 29.7 Å². The molecule has 6 nitrogen and oxygen atoms in total. The Morgan fingerprint density at radius 2 is 1.66 bits per heavy atom. The summed E-state index contributed by atoms with van der Waals surface area (Å²) in [4.78, 5) is 31.1. The van der Waals surface area contributed by atoms with Crippen LogP contribution in [0.1, 0.15) is 34.7 Å². The Hall–Kier alpha value is -3.67. The average Bonchev–Trinajstić information content (AvgIpc) is 2.76. The lowest BCUT2D eigenvalue weighted by Gasteiger charge is -2.23. The van der Waals surface area contributed by atoms with Crippen molar-refractivity contribution in [1.82, 2.24) is 4.98 Å². The number of carbonyl (C=O) groups is 2. The van der Waals surface area contributed by atoms with Crippen molar-refractivity contribution in [2.45, 2.75) is 13.8 Å². The zero-order valence-electron chi connectivity index (χ0n) is 16.5. The summed E-state index contributed by atoms with van der Waals surface area (Å²) in [5, 5.41) is 2.74. The summed E-state index contributed by atoms with van der Waals surface area (Å²) in [6, 6.07) is 20.2. The van der Waals surface area contributed by atoms with Gasteiger partial charge in [-0.3, -0.25) is 4.79 Å². The fraction of sp³-hybridized carbons (Fsp3) is 0.174. The quantitative estimate of drug-likeness (QED) is 0.595. The first-order chi connectivity index (χ1) is 14.1. The van der Waals surface area contributed by atoms with Crippen molar-refractivity contribution in [3.63, 3.8) is 0 Å². The third-order valence-corrected chi connectivity index (χ3v) is 4.35. The minimum absolute atomic E-state index is 0.261. The number of amides is 1. The van der Waals surface area contributed by atoms with E-state index in [2.05, 4.69) is 22.1 Å². The van der Waals surface area contributed by atoms with Gasteiger partial charge in [0.25, 0.3) is 5.91 Å². The summed E-state index contributed by atoms with van der Waals surface area (Å²) >= 11 is 0. The van der Waals surface area contributed by atoms with E-state index in [1.54, 1.807) is 43.5 Å². The van der Waals surface area contributed by atoms with Gasteiger partial charge < -0.3 is 15.0 Å². The Labute approximate surface area is 170 Å².